The van der Waals surface area contributed by atoms with Crippen LogP contribution in [0.15, 0.2) is 11.3 Å². The van der Waals surface area contributed by atoms with Gasteiger partial charge in [-0.1, -0.05) is 6.92 Å². The van der Waals surface area contributed by atoms with Gasteiger partial charge in [0.05, 0.1) is 5.57 Å². The average molecular weight is 283 g/mol. The van der Waals surface area contributed by atoms with Gasteiger partial charge in [-0.3, -0.25) is 9.69 Å². The second kappa shape index (κ2) is 5.46. The Kier molecular flexibility index (Phi) is 4.52. The molecule has 0 aromatic rings. The molecule has 0 N–H and O–H groups in total. The Morgan fingerprint density at radius 3 is 2.30 bits per heavy atom. The van der Waals surface area contributed by atoms with E-state index in [9.17, 15) is 9.59 Å². The molecule has 0 spiro atoms. The van der Waals surface area contributed by atoms with Gasteiger partial charge < -0.3 is 9.47 Å². The number of ether oxygens (including phenoxy) is 2. The van der Waals surface area contributed by atoms with Crippen molar-refractivity contribution in [3.63, 3.8) is 0 Å². The van der Waals surface area contributed by atoms with E-state index in [0.29, 0.717) is 17.8 Å². The fourth-order valence-electron chi connectivity index (χ4n) is 1.95. The molecule has 0 bridgehead atoms. The monoisotopic (exact) mass is 283 g/mol. The zero-order valence-electron chi connectivity index (χ0n) is 13.5. The lowest BCUT2D eigenvalue weighted by Crippen LogP contribution is -2.57. The molecule has 0 unspecified atom stereocenters. The van der Waals surface area contributed by atoms with Crippen LogP contribution < -0.4 is 0 Å². The van der Waals surface area contributed by atoms with Crippen LogP contribution in [0.5, 0.6) is 0 Å². The van der Waals surface area contributed by atoms with Crippen LogP contribution in [-0.2, 0) is 19.1 Å². The summed E-state index contributed by atoms with van der Waals surface area (Å²) in [5.74, 6) is 0.0396. The Balaban J connectivity index is 3.00. The van der Waals surface area contributed by atoms with Gasteiger partial charge in [0.15, 0.2) is 6.73 Å². The van der Waals surface area contributed by atoms with Gasteiger partial charge in [-0.25, -0.2) is 4.79 Å². The summed E-state index contributed by atoms with van der Waals surface area (Å²) in [4.78, 5) is 26.2. The molecule has 0 saturated heterocycles. The number of allylic oxidation sites excluding steroid dienone is 1. The first kappa shape index (κ1) is 16.5. The Morgan fingerprint density at radius 2 is 1.85 bits per heavy atom. The highest BCUT2D eigenvalue weighted by Crippen LogP contribution is 2.27. The SMILES string of the molecule is CCC1=C(C)OCN(C(C)(C)C(=O)OC(C)(C)C)C1=O. The minimum atomic E-state index is -1.06. The van der Waals surface area contributed by atoms with Crippen molar-refractivity contribution in [1.29, 1.82) is 0 Å². The number of hydrogen-bond donors (Lipinski definition) is 0. The van der Waals surface area contributed by atoms with Crippen molar-refractivity contribution in [2.24, 2.45) is 0 Å². The second-order valence-corrected chi connectivity index (χ2v) is 6.46. The van der Waals surface area contributed by atoms with E-state index in [-0.39, 0.29) is 12.6 Å². The number of esters is 1. The van der Waals surface area contributed by atoms with Crippen molar-refractivity contribution in [3.05, 3.63) is 11.3 Å². The highest BCUT2D eigenvalue weighted by atomic mass is 16.6. The van der Waals surface area contributed by atoms with Gasteiger partial charge in [0, 0.05) is 0 Å². The maximum absolute atomic E-state index is 12.5. The molecule has 0 saturated carbocycles. The summed E-state index contributed by atoms with van der Waals surface area (Å²) < 4.78 is 10.9. The molecule has 1 amide bonds. The van der Waals surface area contributed by atoms with Gasteiger partial charge >= 0.3 is 5.97 Å². The quantitative estimate of drug-likeness (QED) is 0.747. The highest BCUT2D eigenvalue weighted by Gasteiger charge is 2.43. The van der Waals surface area contributed by atoms with Crippen LogP contribution in [-0.4, -0.2) is 34.6 Å². The number of nitrogens with zero attached hydrogens (tertiary/aromatic N) is 1. The van der Waals surface area contributed by atoms with Gasteiger partial charge in [0.1, 0.15) is 16.9 Å². The lowest BCUT2D eigenvalue weighted by molar-refractivity contribution is -0.176. The first-order chi connectivity index (χ1) is 9.00. The smallest absolute Gasteiger partial charge is 0.332 e. The summed E-state index contributed by atoms with van der Waals surface area (Å²) in [5, 5.41) is 0. The van der Waals surface area contributed by atoms with Crippen LogP contribution in [0.4, 0.5) is 0 Å². The summed E-state index contributed by atoms with van der Waals surface area (Å²) >= 11 is 0. The first-order valence-electron chi connectivity index (χ1n) is 6.88. The van der Waals surface area contributed by atoms with E-state index >= 15 is 0 Å². The Hall–Kier alpha value is -1.52. The molecular weight excluding hydrogens is 258 g/mol. The summed E-state index contributed by atoms with van der Waals surface area (Å²) in [6.07, 6.45) is 0.575. The summed E-state index contributed by atoms with van der Waals surface area (Å²) in [6, 6.07) is 0. The van der Waals surface area contributed by atoms with E-state index in [1.807, 2.05) is 6.92 Å². The molecule has 0 aromatic carbocycles. The van der Waals surface area contributed by atoms with Crippen LogP contribution in [0.2, 0.25) is 0 Å². The summed E-state index contributed by atoms with van der Waals surface area (Å²) in [6.45, 7) is 12.5. The standard InChI is InChI=1S/C15H25NO4/c1-8-11-10(2)19-9-16(12(11)17)15(6,7)13(18)20-14(3,4)5/h8-9H2,1-7H3. The van der Waals surface area contributed by atoms with Gasteiger partial charge in [0.25, 0.3) is 5.91 Å². The minimum Gasteiger partial charge on any atom is -0.477 e. The fraction of sp³-hybridized carbons (Fsp3) is 0.733. The van der Waals surface area contributed by atoms with Crippen molar-refractivity contribution in [2.75, 3.05) is 6.73 Å². The number of amides is 1. The van der Waals surface area contributed by atoms with Crippen LogP contribution in [0.1, 0.15) is 54.9 Å². The zero-order valence-corrected chi connectivity index (χ0v) is 13.5. The number of rotatable bonds is 3. The third-order valence-electron chi connectivity index (χ3n) is 3.27. The molecule has 1 rings (SSSR count). The van der Waals surface area contributed by atoms with E-state index in [4.69, 9.17) is 9.47 Å². The average Bonchev–Trinajstić information content (AvgIpc) is 2.26. The molecule has 0 radical (unpaired) electrons. The molecule has 0 fully saturated rings. The molecule has 0 atom stereocenters. The summed E-state index contributed by atoms with van der Waals surface area (Å²) in [5.41, 5.74) is -1.05. The molecule has 5 nitrogen and oxygen atoms in total. The molecule has 5 heteroatoms. The number of carbonyl (C=O) groups excluding carboxylic acids is 2. The van der Waals surface area contributed by atoms with Gasteiger partial charge in [0.2, 0.25) is 0 Å². The topological polar surface area (TPSA) is 55.8 Å². The molecule has 114 valence electrons. The third kappa shape index (κ3) is 3.32. The predicted octanol–water partition coefficient (Wildman–Crippen LogP) is 2.61. The number of carbonyl (C=O) groups is 2. The van der Waals surface area contributed by atoms with Crippen molar-refractivity contribution in [3.8, 4) is 0 Å². The molecular formula is C15H25NO4. The van der Waals surface area contributed by atoms with Gasteiger partial charge in [-0.2, -0.15) is 0 Å². The first-order valence-corrected chi connectivity index (χ1v) is 6.88. The van der Waals surface area contributed by atoms with E-state index < -0.39 is 17.1 Å². The van der Waals surface area contributed by atoms with Crippen LogP contribution in [0, 0.1) is 0 Å². The molecule has 1 heterocycles. The predicted molar refractivity (Wildman–Crippen MR) is 75.7 cm³/mol. The van der Waals surface area contributed by atoms with Crippen molar-refractivity contribution in [1.82, 2.24) is 4.90 Å². The second-order valence-electron chi connectivity index (χ2n) is 6.46. The van der Waals surface area contributed by atoms with E-state index in [0.717, 1.165) is 0 Å². The summed E-state index contributed by atoms with van der Waals surface area (Å²) in [7, 11) is 0. The Morgan fingerprint density at radius 1 is 1.30 bits per heavy atom. The maximum atomic E-state index is 12.5. The van der Waals surface area contributed by atoms with E-state index in [1.54, 1.807) is 41.5 Å². The fourth-order valence-corrected chi connectivity index (χ4v) is 1.95. The maximum Gasteiger partial charge on any atom is 0.332 e. The minimum absolute atomic E-state index is 0.0699. The number of hydrogen-bond acceptors (Lipinski definition) is 4. The van der Waals surface area contributed by atoms with Crippen molar-refractivity contribution >= 4 is 11.9 Å². The molecule has 0 aliphatic carbocycles. The molecule has 1 aliphatic heterocycles. The Bertz CT molecular complexity index is 443. The normalized spacial score (nSPS) is 17.1. The van der Waals surface area contributed by atoms with E-state index in [2.05, 4.69) is 0 Å². The molecule has 20 heavy (non-hydrogen) atoms. The van der Waals surface area contributed by atoms with Gasteiger partial charge in [-0.05, 0) is 48.0 Å². The van der Waals surface area contributed by atoms with Crippen molar-refractivity contribution in [2.45, 2.75) is 66.0 Å². The largest absolute Gasteiger partial charge is 0.477 e. The Labute approximate surface area is 120 Å². The van der Waals surface area contributed by atoms with Crippen LogP contribution in [0.25, 0.3) is 0 Å². The van der Waals surface area contributed by atoms with Crippen molar-refractivity contribution < 1.29 is 19.1 Å². The third-order valence-corrected chi connectivity index (χ3v) is 3.27. The highest BCUT2D eigenvalue weighted by molar-refractivity contribution is 5.98. The van der Waals surface area contributed by atoms with Gasteiger partial charge in [-0.15, -0.1) is 0 Å². The zero-order chi connectivity index (χ0) is 15.7. The lowest BCUT2D eigenvalue weighted by atomic mass is 9.99. The van der Waals surface area contributed by atoms with E-state index in [1.165, 1.54) is 4.90 Å². The van der Waals surface area contributed by atoms with Crippen LogP contribution >= 0.6 is 0 Å². The molecule has 0 aromatic heterocycles. The molecule has 1 aliphatic rings. The lowest BCUT2D eigenvalue weighted by Gasteiger charge is -2.40. The van der Waals surface area contributed by atoms with Crippen LogP contribution in [0.3, 0.4) is 0 Å².